The summed E-state index contributed by atoms with van der Waals surface area (Å²) in [7, 11) is 1.88. The van der Waals surface area contributed by atoms with E-state index in [1.165, 1.54) is 5.57 Å². The van der Waals surface area contributed by atoms with E-state index in [0.717, 1.165) is 57.8 Å². The molecular weight excluding hydrogens is 638 g/mol. The predicted octanol–water partition coefficient (Wildman–Crippen LogP) is 4.51. The van der Waals surface area contributed by atoms with Crippen molar-refractivity contribution in [2.75, 3.05) is 20.2 Å². The fourth-order valence-electron chi connectivity index (χ4n) is 13.2. The normalized spacial score (nSPS) is 48.4. The Kier molecular flexibility index (Phi) is 9.99. The van der Waals surface area contributed by atoms with Crippen LogP contribution in [-0.2, 0) is 23.8 Å². The minimum absolute atomic E-state index is 0.00379. The number of fused-ring (bicyclic) bond motifs is 7. The number of esters is 1. The summed E-state index contributed by atoms with van der Waals surface area (Å²) < 4.78 is 16.6. The van der Waals surface area contributed by atoms with Crippen molar-refractivity contribution in [2.45, 2.75) is 149 Å². The molecule has 0 aromatic heterocycles. The summed E-state index contributed by atoms with van der Waals surface area (Å²) in [4.78, 5) is 25.1. The van der Waals surface area contributed by atoms with Crippen LogP contribution in [0.4, 0.5) is 0 Å². The molecule has 5 fully saturated rings. The Bertz CT molecular complexity index is 1330. The number of carbonyl (C=O) groups is 2. The predicted molar refractivity (Wildman–Crippen MR) is 187 cm³/mol. The fourth-order valence-corrected chi connectivity index (χ4v) is 13.2. The second-order valence-electron chi connectivity index (χ2n) is 19.2. The van der Waals surface area contributed by atoms with Crippen LogP contribution in [-0.4, -0.2) is 89.9 Å². The van der Waals surface area contributed by atoms with Crippen LogP contribution in [0.25, 0.3) is 0 Å². The molecule has 10 nitrogen and oxygen atoms in total. The Morgan fingerprint density at radius 1 is 0.960 bits per heavy atom. The zero-order chi connectivity index (χ0) is 36.7. The van der Waals surface area contributed by atoms with Gasteiger partial charge < -0.3 is 40.0 Å². The van der Waals surface area contributed by atoms with Crippen molar-refractivity contribution in [3.05, 3.63) is 11.6 Å². The largest absolute Gasteiger partial charge is 0.464 e. The molecule has 0 radical (unpaired) electrons. The molecule has 5 aliphatic carbocycles. The molecule has 0 spiro atoms. The Balaban J connectivity index is 1.29. The first-order chi connectivity index (χ1) is 23.3. The third-order valence-corrected chi connectivity index (χ3v) is 16.3. The second-order valence-corrected chi connectivity index (χ2v) is 19.2. The third-order valence-electron chi connectivity index (χ3n) is 16.3. The molecule has 6 rings (SSSR count). The van der Waals surface area contributed by atoms with Gasteiger partial charge in [0.25, 0.3) is 6.47 Å². The minimum atomic E-state index is -1.62. The molecule has 4 saturated carbocycles. The van der Waals surface area contributed by atoms with Crippen LogP contribution >= 0.6 is 0 Å². The van der Waals surface area contributed by atoms with Gasteiger partial charge in [0, 0.05) is 6.54 Å². The van der Waals surface area contributed by atoms with Gasteiger partial charge in [-0.1, -0.05) is 60.1 Å². The summed E-state index contributed by atoms with van der Waals surface area (Å²) in [5, 5.41) is 46.8. The van der Waals surface area contributed by atoms with E-state index in [4.69, 9.17) is 14.2 Å². The summed E-state index contributed by atoms with van der Waals surface area (Å²) in [6.07, 6.45) is 3.36. The van der Waals surface area contributed by atoms with E-state index < -0.39 is 42.2 Å². The maximum absolute atomic E-state index is 14.0. The highest BCUT2D eigenvalue weighted by atomic mass is 16.7. The van der Waals surface area contributed by atoms with Crippen molar-refractivity contribution in [3.8, 4) is 0 Å². The molecule has 6 aliphatic rings. The van der Waals surface area contributed by atoms with Crippen molar-refractivity contribution in [2.24, 2.45) is 56.2 Å². The minimum Gasteiger partial charge on any atom is -0.464 e. The molecule has 1 saturated heterocycles. The van der Waals surface area contributed by atoms with Gasteiger partial charge in [0.15, 0.2) is 0 Å². The Hall–Kier alpha value is -1.56. The van der Waals surface area contributed by atoms with E-state index in [2.05, 4.69) is 59.9 Å². The van der Waals surface area contributed by atoms with Crippen molar-refractivity contribution >= 4 is 12.4 Å². The fraction of sp³-hybridized carbons (Fsp3) is 0.900. The van der Waals surface area contributed by atoms with Gasteiger partial charge in [-0.25, -0.2) is 0 Å². The van der Waals surface area contributed by atoms with Crippen molar-refractivity contribution in [3.63, 3.8) is 0 Å². The van der Waals surface area contributed by atoms with Crippen LogP contribution < -0.4 is 5.32 Å². The van der Waals surface area contributed by atoms with Gasteiger partial charge in [-0.3, -0.25) is 9.59 Å². The van der Waals surface area contributed by atoms with Crippen molar-refractivity contribution < 1.29 is 44.2 Å². The Labute approximate surface area is 299 Å². The number of likely N-dealkylation sites (N-methyl/N-ethyl adjacent to an activating group) is 1. The molecule has 1 aliphatic heterocycles. The third kappa shape index (κ3) is 5.55. The Morgan fingerprint density at radius 3 is 2.34 bits per heavy atom. The van der Waals surface area contributed by atoms with Crippen molar-refractivity contribution in [1.29, 1.82) is 0 Å². The lowest BCUT2D eigenvalue weighted by Crippen LogP contribution is -2.67. The number of nitrogens with one attached hydrogen (secondary N) is 1. The highest BCUT2D eigenvalue weighted by Gasteiger charge is 2.70. The maximum Gasteiger partial charge on any atom is 0.312 e. The van der Waals surface area contributed by atoms with Gasteiger partial charge in [-0.05, 0) is 122 Å². The van der Waals surface area contributed by atoms with E-state index in [1.807, 2.05) is 7.05 Å². The molecule has 5 unspecified atom stereocenters. The monoisotopic (exact) mass is 703 g/mol. The SMILES string of the molecule is CNCCOC(=O)[C@]12CCC(C)(C)CC1C1=CCC3[C@@]4(C)CC[C@H]([C@H](O)[C@@H]5OC(OC=O)[C@@H](O)[C@H](O)C5O)C(C)(C)C4CC[C@@]3(C)[C@]1(C)CC2. The standard InChI is InChI=1S/C40H65NO9/c1-35(2)15-17-40(34(47)48-20-19-41-8)18-16-38(6)23(25(40)21-35)9-10-27-37(5)13-11-24(36(3,4)26(37)12-14-39(27,38)7)28(43)32-30(45)29(44)31(46)33(50-32)49-22-42/h9,22,24-33,41,43-46H,10-21H2,1-8H3/t24-,25?,26?,27?,28+,29-,30?,31+,32+,33?,37+,38-,39-,40+/m1/s1. The average Bonchev–Trinajstić information content (AvgIpc) is 3.04. The highest BCUT2D eigenvalue weighted by molar-refractivity contribution is 5.78. The molecule has 0 amide bonds. The van der Waals surface area contributed by atoms with E-state index in [0.29, 0.717) is 25.5 Å². The average molecular weight is 704 g/mol. The molecule has 0 aromatic carbocycles. The molecule has 50 heavy (non-hydrogen) atoms. The summed E-state index contributed by atoms with van der Waals surface area (Å²) in [6.45, 7) is 17.9. The summed E-state index contributed by atoms with van der Waals surface area (Å²) in [5.41, 5.74) is 0.859. The number of hydrogen-bond acceptors (Lipinski definition) is 10. The van der Waals surface area contributed by atoms with Gasteiger partial charge in [0.2, 0.25) is 6.29 Å². The van der Waals surface area contributed by atoms with Gasteiger partial charge in [0.1, 0.15) is 31.0 Å². The number of carbonyl (C=O) groups excluding carboxylic acids is 2. The van der Waals surface area contributed by atoms with E-state index in [-0.39, 0.29) is 57.3 Å². The van der Waals surface area contributed by atoms with Gasteiger partial charge in [0.05, 0.1) is 11.5 Å². The topological polar surface area (TPSA) is 155 Å². The van der Waals surface area contributed by atoms with Gasteiger partial charge >= 0.3 is 5.97 Å². The first kappa shape index (κ1) is 38.2. The summed E-state index contributed by atoms with van der Waals surface area (Å²) in [5.74, 6) is 0.640. The molecule has 284 valence electrons. The molecule has 0 bridgehead atoms. The number of aliphatic hydroxyl groups excluding tert-OH is 4. The highest BCUT2D eigenvalue weighted by Crippen LogP contribution is 2.76. The zero-order valence-corrected chi connectivity index (χ0v) is 31.7. The second kappa shape index (κ2) is 13.1. The molecular formula is C40H65NO9. The number of aliphatic hydroxyl groups is 4. The van der Waals surface area contributed by atoms with Crippen LogP contribution in [0.1, 0.15) is 113 Å². The van der Waals surface area contributed by atoms with Crippen LogP contribution in [0.5, 0.6) is 0 Å². The van der Waals surface area contributed by atoms with Crippen LogP contribution in [0.15, 0.2) is 11.6 Å². The van der Waals surface area contributed by atoms with Gasteiger partial charge in [-0.15, -0.1) is 0 Å². The number of allylic oxidation sites excluding steroid dienone is 2. The van der Waals surface area contributed by atoms with E-state index >= 15 is 0 Å². The number of rotatable bonds is 8. The number of hydrogen-bond donors (Lipinski definition) is 5. The summed E-state index contributed by atoms with van der Waals surface area (Å²) in [6, 6.07) is 0. The summed E-state index contributed by atoms with van der Waals surface area (Å²) >= 11 is 0. The lowest BCUT2D eigenvalue weighted by Gasteiger charge is -2.71. The molecule has 10 heteroatoms. The molecule has 1 heterocycles. The van der Waals surface area contributed by atoms with Crippen LogP contribution in [0, 0.1) is 56.2 Å². The van der Waals surface area contributed by atoms with Crippen molar-refractivity contribution in [1.82, 2.24) is 5.32 Å². The Morgan fingerprint density at radius 2 is 1.66 bits per heavy atom. The van der Waals surface area contributed by atoms with E-state index in [1.54, 1.807) is 0 Å². The molecule has 14 atom stereocenters. The first-order valence-corrected chi connectivity index (χ1v) is 19.3. The lowest BCUT2D eigenvalue weighted by molar-refractivity contribution is -0.308. The van der Waals surface area contributed by atoms with Gasteiger partial charge in [-0.2, -0.15) is 0 Å². The zero-order valence-electron chi connectivity index (χ0n) is 31.7. The molecule has 5 N–H and O–H groups in total. The quantitative estimate of drug-likeness (QED) is 0.106. The molecule has 0 aromatic rings. The van der Waals surface area contributed by atoms with E-state index in [9.17, 15) is 30.0 Å². The van der Waals surface area contributed by atoms with Crippen LogP contribution in [0.3, 0.4) is 0 Å². The first-order valence-electron chi connectivity index (χ1n) is 19.3. The smallest absolute Gasteiger partial charge is 0.312 e. The lowest BCUT2D eigenvalue weighted by atomic mass is 9.33. The maximum atomic E-state index is 14.0. The van der Waals surface area contributed by atoms with Crippen LogP contribution in [0.2, 0.25) is 0 Å². The number of ether oxygens (including phenoxy) is 3.